The van der Waals surface area contributed by atoms with Crippen LogP contribution in [0.4, 0.5) is 5.82 Å². The molecule has 0 saturated heterocycles. The second-order valence-corrected chi connectivity index (χ2v) is 7.32. The molecular weight excluding hydrogens is 396 g/mol. The van der Waals surface area contributed by atoms with Gasteiger partial charge in [0.15, 0.2) is 23.1 Å². The first-order chi connectivity index (χ1) is 13.9. The number of phenolic OH excluding ortho intramolecular Hbond substituents is 1. The van der Waals surface area contributed by atoms with Crippen molar-refractivity contribution in [2.45, 2.75) is 13.0 Å². The second-order valence-electron chi connectivity index (χ2n) is 6.37. The van der Waals surface area contributed by atoms with Crippen molar-refractivity contribution in [1.29, 1.82) is 0 Å². The fourth-order valence-corrected chi connectivity index (χ4v) is 3.94. The van der Waals surface area contributed by atoms with Crippen molar-refractivity contribution >= 4 is 28.8 Å². The molecule has 0 spiro atoms. The van der Waals surface area contributed by atoms with Gasteiger partial charge in [-0.2, -0.15) is 0 Å². The van der Waals surface area contributed by atoms with Crippen LogP contribution in [0.25, 0.3) is 0 Å². The SMILES string of the molecule is COc1cc([C@@H]2C(C(=O)c3cccs3)=C(O)C(=O)N2c2cc(C)on2)ccc1O. The number of amides is 1. The largest absolute Gasteiger partial charge is 0.504 e. The van der Waals surface area contributed by atoms with E-state index < -0.39 is 23.5 Å². The molecule has 9 heteroatoms. The number of phenols is 1. The maximum atomic E-state index is 13.1. The van der Waals surface area contributed by atoms with E-state index in [1.54, 1.807) is 30.5 Å². The summed E-state index contributed by atoms with van der Waals surface area (Å²) in [7, 11) is 1.39. The first-order valence-corrected chi connectivity index (χ1v) is 9.45. The van der Waals surface area contributed by atoms with E-state index in [9.17, 15) is 19.8 Å². The number of ether oxygens (including phenoxy) is 1. The van der Waals surface area contributed by atoms with Gasteiger partial charge in [-0.3, -0.25) is 14.5 Å². The van der Waals surface area contributed by atoms with Gasteiger partial charge in [-0.05, 0) is 36.1 Å². The summed E-state index contributed by atoms with van der Waals surface area (Å²) in [5.74, 6) is -1.19. The average Bonchev–Trinajstić information content (AvgIpc) is 3.43. The number of anilines is 1. The molecular formula is C20H16N2O6S. The van der Waals surface area contributed by atoms with Crippen LogP contribution < -0.4 is 9.64 Å². The van der Waals surface area contributed by atoms with Crippen LogP contribution >= 0.6 is 11.3 Å². The first kappa shape index (κ1) is 18.8. The summed E-state index contributed by atoms with van der Waals surface area (Å²) >= 11 is 1.21. The number of aliphatic hydroxyl groups excluding tert-OH is 1. The number of benzene rings is 1. The molecule has 1 aromatic carbocycles. The molecule has 0 aliphatic carbocycles. The van der Waals surface area contributed by atoms with Gasteiger partial charge >= 0.3 is 0 Å². The molecule has 0 fully saturated rings. The Morgan fingerprint density at radius 2 is 2.07 bits per heavy atom. The summed E-state index contributed by atoms with van der Waals surface area (Å²) in [5, 5.41) is 26.2. The quantitative estimate of drug-likeness (QED) is 0.616. The minimum atomic E-state index is -0.976. The molecule has 2 N–H and O–H groups in total. The Morgan fingerprint density at radius 1 is 1.28 bits per heavy atom. The third-order valence-electron chi connectivity index (χ3n) is 4.58. The fourth-order valence-electron chi connectivity index (χ4n) is 3.26. The van der Waals surface area contributed by atoms with E-state index in [0.717, 1.165) is 0 Å². The third kappa shape index (κ3) is 3.05. The normalized spacial score (nSPS) is 16.6. The van der Waals surface area contributed by atoms with E-state index in [0.29, 0.717) is 16.2 Å². The number of thiophene rings is 1. The molecule has 0 unspecified atom stereocenters. The molecule has 4 rings (SSSR count). The Labute approximate surface area is 169 Å². The lowest BCUT2D eigenvalue weighted by Crippen LogP contribution is -2.31. The zero-order valence-corrected chi connectivity index (χ0v) is 16.3. The lowest BCUT2D eigenvalue weighted by molar-refractivity contribution is -0.117. The molecule has 3 heterocycles. The van der Waals surface area contributed by atoms with Crippen molar-refractivity contribution in [2.24, 2.45) is 0 Å². The van der Waals surface area contributed by atoms with Gasteiger partial charge in [0.25, 0.3) is 5.91 Å². The summed E-state index contributed by atoms with van der Waals surface area (Å²) in [6.07, 6.45) is 0. The van der Waals surface area contributed by atoms with Gasteiger partial charge in [-0.25, -0.2) is 0 Å². The summed E-state index contributed by atoms with van der Waals surface area (Å²) in [5.41, 5.74) is 0.378. The molecule has 0 saturated carbocycles. The molecule has 2 aromatic heterocycles. The second kappa shape index (κ2) is 7.10. The Hall–Kier alpha value is -3.59. The molecule has 0 bridgehead atoms. The third-order valence-corrected chi connectivity index (χ3v) is 5.45. The number of hydrogen-bond donors (Lipinski definition) is 2. The van der Waals surface area contributed by atoms with Gasteiger partial charge in [-0.1, -0.05) is 17.3 Å². The monoisotopic (exact) mass is 412 g/mol. The van der Waals surface area contributed by atoms with Crippen LogP contribution in [0.15, 0.2) is 57.6 Å². The predicted molar refractivity (Wildman–Crippen MR) is 104 cm³/mol. The van der Waals surface area contributed by atoms with E-state index in [-0.39, 0.29) is 22.9 Å². The molecule has 1 aliphatic heterocycles. The Kier molecular flexibility index (Phi) is 4.59. The van der Waals surface area contributed by atoms with Crippen molar-refractivity contribution < 1.29 is 29.1 Å². The minimum Gasteiger partial charge on any atom is -0.504 e. The topological polar surface area (TPSA) is 113 Å². The number of aryl methyl sites for hydroxylation is 1. The van der Waals surface area contributed by atoms with Crippen LogP contribution in [0.1, 0.15) is 27.0 Å². The molecule has 0 radical (unpaired) electrons. The molecule has 3 aromatic rings. The highest BCUT2D eigenvalue weighted by atomic mass is 32.1. The number of carbonyl (C=O) groups excluding carboxylic acids is 2. The molecule has 148 valence electrons. The van der Waals surface area contributed by atoms with Crippen LogP contribution in [-0.2, 0) is 4.79 Å². The summed E-state index contributed by atoms with van der Waals surface area (Å²) in [6.45, 7) is 1.67. The standard InChI is InChI=1S/C20H16N2O6S/c1-10-8-15(21-28-10)22-17(11-5-6-12(23)13(9-11)27-2)16(19(25)20(22)26)18(24)14-4-3-7-29-14/h3-9,17,23,25H,1-2H3/t17-/m1/s1. The van der Waals surface area contributed by atoms with Gasteiger partial charge < -0.3 is 19.5 Å². The molecule has 8 nitrogen and oxygen atoms in total. The van der Waals surface area contributed by atoms with Crippen LogP contribution in [-0.4, -0.2) is 34.2 Å². The Balaban J connectivity index is 1.90. The van der Waals surface area contributed by atoms with Crippen LogP contribution in [0.5, 0.6) is 11.5 Å². The van der Waals surface area contributed by atoms with Crippen LogP contribution in [0, 0.1) is 6.92 Å². The van der Waals surface area contributed by atoms with E-state index >= 15 is 0 Å². The van der Waals surface area contributed by atoms with Gasteiger partial charge in [0, 0.05) is 6.07 Å². The summed E-state index contributed by atoms with van der Waals surface area (Å²) in [6, 6.07) is 8.35. The van der Waals surface area contributed by atoms with E-state index in [4.69, 9.17) is 9.26 Å². The number of aliphatic hydroxyl groups is 1. The van der Waals surface area contributed by atoms with Gasteiger partial charge in [0.05, 0.1) is 23.6 Å². The highest BCUT2D eigenvalue weighted by molar-refractivity contribution is 7.12. The van der Waals surface area contributed by atoms with Crippen molar-refractivity contribution in [1.82, 2.24) is 5.16 Å². The number of methoxy groups -OCH3 is 1. The number of carbonyl (C=O) groups is 2. The van der Waals surface area contributed by atoms with E-state index in [1.165, 1.54) is 41.5 Å². The highest BCUT2D eigenvalue weighted by Crippen LogP contribution is 2.43. The summed E-state index contributed by atoms with van der Waals surface area (Å²) < 4.78 is 10.2. The predicted octanol–water partition coefficient (Wildman–Crippen LogP) is 3.54. The smallest absolute Gasteiger partial charge is 0.295 e. The number of Topliss-reactive ketones (excluding diaryl/α,β-unsaturated/α-hetero) is 1. The van der Waals surface area contributed by atoms with E-state index in [1.807, 2.05) is 0 Å². The molecule has 29 heavy (non-hydrogen) atoms. The van der Waals surface area contributed by atoms with Crippen LogP contribution in [0.2, 0.25) is 0 Å². The zero-order chi connectivity index (χ0) is 20.7. The number of rotatable bonds is 5. The number of ketones is 1. The fraction of sp³-hybridized carbons (Fsp3) is 0.150. The Morgan fingerprint density at radius 3 is 2.69 bits per heavy atom. The summed E-state index contributed by atoms with van der Waals surface area (Å²) in [4.78, 5) is 27.6. The first-order valence-electron chi connectivity index (χ1n) is 8.57. The van der Waals surface area contributed by atoms with Gasteiger partial charge in [-0.15, -0.1) is 11.3 Å². The minimum absolute atomic E-state index is 0.0779. The zero-order valence-electron chi connectivity index (χ0n) is 15.4. The van der Waals surface area contributed by atoms with Crippen LogP contribution in [0.3, 0.4) is 0 Å². The maximum Gasteiger partial charge on any atom is 0.295 e. The maximum absolute atomic E-state index is 13.1. The number of hydrogen-bond acceptors (Lipinski definition) is 8. The van der Waals surface area contributed by atoms with Gasteiger partial charge in [0.2, 0.25) is 5.78 Å². The lowest BCUT2D eigenvalue weighted by Gasteiger charge is -2.24. The molecule has 1 atom stereocenters. The molecule has 1 amide bonds. The van der Waals surface area contributed by atoms with Crippen molar-refractivity contribution in [3.05, 3.63) is 69.3 Å². The number of aromatic nitrogens is 1. The lowest BCUT2D eigenvalue weighted by atomic mass is 9.95. The average molecular weight is 412 g/mol. The molecule has 1 aliphatic rings. The van der Waals surface area contributed by atoms with Crippen molar-refractivity contribution in [2.75, 3.05) is 12.0 Å². The highest BCUT2D eigenvalue weighted by Gasteiger charge is 2.46. The van der Waals surface area contributed by atoms with Crippen molar-refractivity contribution in [3.63, 3.8) is 0 Å². The number of aromatic hydroxyl groups is 1. The Bertz CT molecular complexity index is 1130. The number of nitrogens with zero attached hydrogens (tertiary/aromatic N) is 2. The van der Waals surface area contributed by atoms with Gasteiger partial charge in [0.1, 0.15) is 5.76 Å². The van der Waals surface area contributed by atoms with Crippen molar-refractivity contribution in [3.8, 4) is 11.5 Å². The van der Waals surface area contributed by atoms with E-state index in [2.05, 4.69) is 5.16 Å².